The average molecular weight is 335 g/mol. The minimum Gasteiger partial charge on any atom is -0.348 e. The molecule has 23 heavy (non-hydrogen) atoms. The number of carbonyl (C=O) groups excluding carboxylic acids is 2. The van der Waals surface area contributed by atoms with E-state index >= 15 is 0 Å². The Morgan fingerprint density at radius 2 is 1.87 bits per heavy atom. The highest BCUT2D eigenvalue weighted by molar-refractivity contribution is 6.31. The Labute approximate surface area is 138 Å². The maximum atomic E-state index is 13.2. The lowest BCUT2D eigenvalue weighted by Crippen LogP contribution is -2.38. The number of rotatable bonds is 5. The van der Waals surface area contributed by atoms with Crippen molar-refractivity contribution < 1.29 is 14.0 Å². The van der Waals surface area contributed by atoms with Crippen LogP contribution in [0.5, 0.6) is 0 Å². The summed E-state index contributed by atoms with van der Waals surface area (Å²) in [5.41, 5.74) is 1.03. The van der Waals surface area contributed by atoms with Gasteiger partial charge in [-0.3, -0.25) is 9.59 Å². The molecule has 0 saturated heterocycles. The van der Waals surface area contributed by atoms with Gasteiger partial charge in [0.15, 0.2) is 0 Å². The van der Waals surface area contributed by atoms with Gasteiger partial charge in [-0.25, -0.2) is 4.39 Å². The summed E-state index contributed by atoms with van der Waals surface area (Å²) in [4.78, 5) is 23.8. The van der Waals surface area contributed by atoms with E-state index in [0.29, 0.717) is 0 Å². The smallest absolute Gasteiger partial charge is 0.251 e. The molecule has 0 spiro atoms. The third-order valence-corrected chi connectivity index (χ3v) is 3.43. The molecule has 4 nitrogen and oxygen atoms in total. The van der Waals surface area contributed by atoms with Gasteiger partial charge in [0.2, 0.25) is 5.91 Å². The third-order valence-electron chi connectivity index (χ3n) is 3.21. The second-order valence-electron chi connectivity index (χ2n) is 5.04. The van der Waals surface area contributed by atoms with Gasteiger partial charge in [0, 0.05) is 10.6 Å². The normalized spacial score (nSPS) is 11.6. The Morgan fingerprint density at radius 3 is 2.52 bits per heavy atom. The first-order valence-electron chi connectivity index (χ1n) is 7.04. The summed E-state index contributed by atoms with van der Waals surface area (Å²) in [6.45, 7) is 1.64. The molecule has 0 aliphatic heterocycles. The van der Waals surface area contributed by atoms with Crippen LogP contribution in [-0.2, 0) is 4.79 Å². The first-order valence-corrected chi connectivity index (χ1v) is 7.42. The summed E-state index contributed by atoms with van der Waals surface area (Å²) >= 11 is 5.69. The Bertz CT molecular complexity index is 687. The lowest BCUT2D eigenvalue weighted by molar-refractivity contribution is -0.120. The van der Waals surface area contributed by atoms with Crippen LogP contribution in [0.4, 0.5) is 4.39 Å². The molecule has 0 aliphatic carbocycles. The van der Waals surface area contributed by atoms with Gasteiger partial charge >= 0.3 is 0 Å². The van der Waals surface area contributed by atoms with Gasteiger partial charge < -0.3 is 10.6 Å². The van der Waals surface area contributed by atoms with Gasteiger partial charge in [-0.05, 0) is 30.7 Å². The van der Waals surface area contributed by atoms with E-state index in [9.17, 15) is 14.0 Å². The first-order chi connectivity index (χ1) is 11.0. The fourth-order valence-corrected chi connectivity index (χ4v) is 2.29. The van der Waals surface area contributed by atoms with Crippen LogP contribution in [0, 0.1) is 5.82 Å². The summed E-state index contributed by atoms with van der Waals surface area (Å²) < 4.78 is 13.2. The first kappa shape index (κ1) is 17.0. The van der Waals surface area contributed by atoms with Crippen LogP contribution < -0.4 is 10.6 Å². The van der Waals surface area contributed by atoms with Crippen LogP contribution in [0.2, 0.25) is 5.02 Å². The van der Waals surface area contributed by atoms with Crippen molar-refractivity contribution in [2.75, 3.05) is 6.54 Å². The van der Waals surface area contributed by atoms with Crippen molar-refractivity contribution in [1.82, 2.24) is 10.6 Å². The highest BCUT2D eigenvalue weighted by atomic mass is 35.5. The molecule has 2 aromatic carbocycles. The van der Waals surface area contributed by atoms with Crippen molar-refractivity contribution in [2.45, 2.75) is 13.0 Å². The number of hydrogen-bond acceptors (Lipinski definition) is 2. The van der Waals surface area contributed by atoms with E-state index in [1.807, 2.05) is 37.3 Å². The van der Waals surface area contributed by atoms with Crippen LogP contribution in [-0.4, -0.2) is 18.4 Å². The predicted molar refractivity (Wildman–Crippen MR) is 86.7 cm³/mol. The Hall–Kier alpha value is -2.40. The van der Waals surface area contributed by atoms with E-state index in [2.05, 4.69) is 10.6 Å². The zero-order chi connectivity index (χ0) is 16.8. The van der Waals surface area contributed by atoms with Crippen molar-refractivity contribution in [3.63, 3.8) is 0 Å². The molecule has 0 heterocycles. The zero-order valence-electron chi connectivity index (χ0n) is 12.5. The van der Waals surface area contributed by atoms with Gasteiger partial charge in [0.25, 0.3) is 5.91 Å². The second-order valence-corrected chi connectivity index (χ2v) is 5.48. The van der Waals surface area contributed by atoms with E-state index in [0.717, 1.165) is 17.7 Å². The molecule has 0 unspecified atom stereocenters. The SMILES string of the molecule is C[C@H](NC(=O)CNC(=O)c1cc(F)cc(Cl)c1)c1ccccc1. The van der Waals surface area contributed by atoms with Crippen molar-refractivity contribution in [2.24, 2.45) is 0 Å². The third kappa shape index (κ3) is 5.07. The molecule has 2 aromatic rings. The molecule has 2 amide bonds. The van der Waals surface area contributed by atoms with E-state index in [1.54, 1.807) is 0 Å². The monoisotopic (exact) mass is 334 g/mol. The molecule has 0 aliphatic rings. The number of amides is 2. The fourth-order valence-electron chi connectivity index (χ4n) is 2.07. The topological polar surface area (TPSA) is 58.2 Å². The fraction of sp³-hybridized carbons (Fsp3) is 0.176. The zero-order valence-corrected chi connectivity index (χ0v) is 13.2. The maximum absolute atomic E-state index is 13.2. The molecule has 0 bridgehead atoms. The van der Waals surface area contributed by atoms with Crippen LogP contribution in [0.1, 0.15) is 28.9 Å². The molecular weight excluding hydrogens is 319 g/mol. The van der Waals surface area contributed by atoms with Crippen LogP contribution in [0.3, 0.4) is 0 Å². The summed E-state index contributed by atoms with van der Waals surface area (Å²) in [7, 11) is 0. The average Bonchev–Trinajstić information content (AvgIpc) is 2.52. The predicted octanol–water partition coefficient (Wildman–Crippen LogP) is 3.09. The lowest BCUT2D eigenvalue weighted by atomic mass is 10.1. The van der Waals surface area contributed by atoms with Gasteiger partial charge in [0.05, 0.1) is 12.6 Å². The lowest BCUT2D eigenvalue weighted by Gasteiger charge is -2.14. The molecular formula is C17H16ClFN2O2. The molecule has 0 saturated carbocycles. The van der Waals surface area contributed by atoms with Crippen molar-refractivity contribution in [3.8, 4) is 0 Å². The molecule has 0 aromatic heterocycles. The maximum Gasteiger partial charge on any atom is 0.251 e. The minimum absolute atomic E-state index is 0.0684. The molecule has 120 valence electrons. The minimum atomic E-state index is -0.607. The molecule has 0 fully saturated rings. The highest BCUT2D eigenvalue weighted by Crippen LogP contribution is 2.14. The number of halogens is 2. The summed E-state index contributed by atoms with van der Waals surface area (Å²) in [6, 6.07) is 12.8. The summed E-state index contributed by atoms with van der Waals surface area (Å²) in [5.74, 6) is -1.50. The van der Waals surface area contributed by atoms with E-state index in [1.165, 1.54) is 6.07 Å². The van der Waals surface area contributed by atoms with Crippen LogP contribution in [0.15, 0.2) is 48.5 Å². The van der Waals surface area contributed by atoms with Gasteiger partial charge in [-0.2, -0.15) is 0 Å². The Kier molecular flexibility index (Phi) is 5.71. The van der Waals surface area contributed by atoms with E-state index in [-0.39, 0.29) is 29.1 Å². The number of carbonyl (C=O) groups is 2. The van der Waals surface area contributed by atoms with Crippen LogP contribution in [0.25, 0.3) is 0 Å². The van der Waals surface area contributed by atoms with E-state index in [4.69, 9.17) is 11.6 Å². The highest BCUT2D eigenvalue weighted by Gasteiger charge is 2.12. The quantitative estimate of drug-likeness (QED) is 0.882. The molecule has 1 atom stereocenters. The number of benzene rings is 2. The summed E-state index contributed by atoms with van der Waals surface area (Å²) in [6.07, 6.45) is 0. The van der Waals surface area contributed by atoms with Crippen molar-refractivity contribution in [1.29, 1.82) is 0 Å². The van der Waals surface area contributed by atoms with E-state index < -0.39 is 11.7 Å². The molecule has 2 rings (SSSR count). The van der Waals surface area contributed by atoms with Crippen molar-refractivity contribution >= 4 is 23.4 Å². The molecule has 2 N–H and O–H groups in total. The summed E-state index contributed by atoms with van der Waals surface area (Å²) in [5, 5.41) is 5.33. The van der Waals surface area contributed by atoms with Crippen LogP contribution >= 0.6 is 11.6 Å². The van der Waals surface area contributed by atoms with Gasteiger partial charge in [0.1, 0.15) is 5.82 Å². The van der Waals surface area contributed by atoms with Gasteiger partial charge in [-0.15, -0.1) is 0 Å². The largest absolute Gasteiger partial charge is 0.348 e. The van der Waals surface area contributed by atoms with Crippen molar-refractivity contribution in [3.05, 3.63) is 70.5 Å². The molecule has 0 radical (unpaired) electrons. The number of hydrogen-bond donors (Lipinski definition) is 2. The number of nitrogens with one attached hydrogen (secondary N) is 2. The standard InChI is InChI=1S/C17H16ClFN2O2/c1-11(12-5-3-2-4-6-12)21-16(22)10-20-17(23)13-7-14(18)9-15(19)8-13/h2-9,11H,10H2,1H3,(H,20,23)(H,21,22)/t11-/m0/s1. The molecule has 6 heteroatoms. The van der Waals surface area contributed by atoms with Gasteiger partial charge in [-0.1, -0.05) is 41.9 Å². The Morgan fingerprint density at radius 1 is 1.17 bits per heavy atom. The second kappa shape index (κ2) is 7.74. The Balaban J connectivity index is 1.87.